The van der Waals surface area contributed by atoms with Crippen LogP contribution in [0.5, 0.6) is 11.5 Å². The van der Waals surface area contributed by atoms with Crippen LogP contribution in [0.4, 0.5) is 0 Å². The van der Waals surface area contributed by atoms with E-state index in [1.807, 2.05) is 31.2 Å². The van der Waals surface area contributed by atoms with Gasteiger partial charge < -0.3 is 14.2 Å². The number of esters is 1. The van der Waals surface area contributed by atoms with Crippen molar-refractivity contribution in [2.45, 2.75) is 26.9 Å². The number of ether oxygens (including phenoxy) is 3. The van der Waals surface area contributed by atoms with Crippen molar-refractivity contribution in [3.8, 4) is 11.5 Å². The molecule has 0 saturated heterocycles. The van der Waals surface area contributed by atoms with Crippen molar-refractivity contribution >= 4 is 17.8 Å². The van der Waals surface area contributed by atoms with Crippen molar-refractivity contribution in [3.63, 3.8) is 0 Å². The molecule has 5 heteroatoms. The average Bonchev–Trinajstić information content (AvgIpc) is 2.90. The quantitative estimate of drug-likeness (QED) is 0.602. The third-order valence-corrected chi connectivity index (χ3v) is 3.91. The minimum absolute atomic E-state index is 0.175. The zero-order chi connectivity index (χ0) is 18.7. The summed E-state index contributed by atoms with van der Waals surface area (Å²) in [6.45, 7) is 5.63. The Morgan fingerprint density at radius 2 is 2.04 bits per heavy atom. The van der Waals surface area contributed by atoms with E-state index in [0.717, 1.165) is 11.1 Å². The minimum Gasteiger partial charge on any atom is -0.479 e. The van der Waals surface area contributed by atoms with E-state index in [4.69, 9.17) is 14.2 Å². The molecule has 1 heterocycles. The van der Waals surface area contributed by atoms with Crippen molar-refractivity contribution in [1.29, 1.82) is 0 Å². The molecule has 1 atom stereocenters. The summed E-state index contributed by atoms with van der Waals surface area (Å²) >= 11 is 0. The maximum absolute atomic E-state index is 12.5. The number of ketones is 1. The highest BCUT2D eigenvalue weighted by Crippen LogP contribution is 2.35. The molecular formula is C21H20O5. The predicted molar refractivity (Wildman–Crippen MR) is 97.3 cm³/mol. The summed E-state index contributed by atoms with van der Waals surface area (Å²) < 4.78 is 16.2. The summed E-state index contributed by atoms with van der Waals surface area (Å²) in [6, 6.07) is 12.7. The van der Waals surface area contributed by atoms with Gasteiger partial charge in [0.25, 0.3) is 0 Å². The maximum atomic E-state index is 12.5. The Balaban J connectivity index is 1.79. The normalized spacial score (nSPS) is 15.3. The first-order chi connectivity index (χ1) is 12.5. The topological polar surface area (TPSA) is 61.8 Å². The highest BCUT2D eigenvalue weighted by Gasteiger charge is 2.28. The number of fused-ring (bicyclic) bond motifs is 1. The van der Waals surface area contributed by atoms with Crippen molar-refractivity contribution in [2.75, 3.05) is 6.61 Å². The van der Waals surface area contributed by atoms with Crippen LogP contribution in [0.15, 0.2) is 48.2 Å². The van der Waals surface area contributed by atoms with E-state index >= 15 is 0 Å². The average molecular weight is 352 g/mol. The van der Waals surface area contributed by atoms with Gasteiger partial charge in [-0.05, 0) is 44.5 Å². The Morgan fingerprint density at radius 1 is 1.23 bits per heavy atom. The van der Waals surface area contributed by atoms with Crippen LogP contribution >= 0.6 is 0 Å². The fourth-order valence-electron chi connectivity index (χ4n) is 2.66. The zero-order valence-electron chi connectivity index (χ0n) is 14.9. The van der Waals surface area contributed by atoms with Crippen LogP contribution in [0, 0.1) is 6.92 Å². The number of benzene rings is 2. The maximum Gasteiger partial charge on any atom is 0.347 e. The molecule has 0 N–H and O–H groups in total. The van der Waals surface area contributed by atoms with Gasteiger partial charge in [0, 0.05) is 6.07 Å². The summed E-state index contributed by atoms with van der Waals surface area (Å²) in [5, 5.41) is 0. The second-order valence-electron chi connectivity index (χ2n) is 6.02. The number of hydrogen-bond acceptors (Lipinski definition) is 5. The van der Waals surface area contributed by atoms with E-state index in [1.54, 1.807) is 38.1 Å². The van der Waals surface area contributed by atoms with Crippen molar-refractivity contribution < 1.29 is 23.8 Å². The van der Waals surface area contributed by atoms with Gasteiger partial charge in [0.2, 0.25) is 5.78 Å². The standard InChI is InChI=1S/C21H20O5/c1-4-24-21(23)14(3)25-16-8-9-17-18(12-16)26-19(20(17)22)11-15-7-5-6-13(2)10-15/h5-12,14H,4H2,1-3H3/b19-11-/t14-/m0/s1. The molecule has 1 aliphatic rings. The summed E-state index contributed by atoms with van der Waals surface area (Å²) in [6.07, 6.45) is 0.976. The lowest BCUT2D eigenvalue weighted by atomic mass is 10.1. The Kier molecular flexibility index (Phi) is 5.07. The van der Waals surface area contributed by atoms with Gasteiger partial charge in [-0.3, -0.25) is 4.79 Å². The number of carbonyl (C=O) groups excluding carboxylic acids is 2. The first kappa shape index (κ1) is 17.7. The van der Waals surface area contributed by atoms with E-state index in [9.17, 15) is 9.59 Å². The predicted octanol–water partition coefficient (Wildman–Crippen LogP) is 3.94. The highest BCUT2D eigenvalue weighted by molar-refractivity contribution is 6.14. The summed E-state index contributed by atoms with van der Waals surface area (Å²) in [5.74, 6) is 0.508. The first-order valence-corrected chi connectivity index (χ1v) is 8.46. The molecule has 1 aliphatic heterocycles. The molecular weight excluding hydrogens is 332 g/mol. The summed E-state index contributed by atoms with van der Waals surface area (Å²) in [5.41, 5.74) is 2.47. The van der Waals surface area contributed by atoms with Crippen LogP contribution in [-0.2, 0) is 9.53 Å². The molecule has 0 saturated carbocycles. The summed E-state index contributed by atoms with van der Waals surface area (Å²) in [4.78, 5) is 24.2. The molecule has 0 amide bonds. The SMILES string of the molecule is CCOC(=O)[C@H](C)Oc1ccc2c(c1)O/C(=C\c1cccc(C)c1)C2=O. The largest absolute Gasteiger partial charge is 0.479 e. The van der Waals surface area contributed by atoms with Gasteiger partial charge in [-0.2, -0.15) is 0 Å². The number of rotatable bonds is 5. The third kappa shape index (κ3) is 3.77. The molecule has 0 unspecified atom stereocenters. The van der Waals surface area contributed by atoms with Crippen molar-refractivity contribution in [1.82, 2.24) is 0 Å². The van der Waals surface area contributed by atoms with Crippen LogP contribution in [-0.4, -0.2) is 24.5 Å². The Bertz CT molecular complexity index is 882. The molecule has 3 rings (SSSR count). The van der Waals surface area contributed by atoms with Crippen molar-refractivity contribution in [2.24, 2.45) is 0 Å². The Morgan fingerprint density at radius 3 is 2.77 bits per heavy atom. The fraction of sp³-hybridized carbons (Fsp3) is 0.238. The number of aryl methyl sites for hydroxylation is 1. The van der Waals surface area contributed by atoms with E-state index in [-0.39, 0.29) is 11.5 Å². The van der Waals surface area contributed by atoms with Gasteiger partial charge in [0.1, 0.15) is 11.5 Å². The van der Waals surface area contributed by atoms with Gasteiger partial charge in [-0.1, -0.05) is 29.8 Å². The van der Waals surface area contributed by atoms with Gasteiger partial charge in [0.05, 0.1) is 12.2 Å². The molecule has 2 aromatic rings. The summed E-state index contributed by atoms with van der Waals surface area (Å²) in [7, 11) is 0. The second-order valence-corrected chi connectivity index (χ2v) is 6.02. The molecule has 5 nitrogen and oxygen atoms in total. The van der Waals surface area contributed by atoms with Crippen LogP contribution in [0.1, 0.15) is 35.3 Å². The first-order valence-electron chi connectivity index (χ1n) is 8.46. The number of allylic oxidation sites excluding steroid dienone is 1. The lowest BCUT2D eigenvalue weighted by Crippen LogP contribution is -2.26. The third-order valence-electron chi connectivity index (χ3n) is 3.91. The van der Waals surface area contributed by atoms with Crippen LogP contribution in [0.3, 0.4) is 0 Å². The molecule has 0 aliphatic carbocycles. The zero-order valence-corrected chi connectivity index (χ0v) is 14.9. The monoisotopic (exact) mass is 352 g/mol. The van der Waals surface area contributed by atoms with Crippen molar-refractivity contribution in [3.05, 3.63) is 64.9 Å². The molecule has 0 aromatic heterocycles. The molecule has 134 valence electrons. The van der Waals surface area contributed by atoms with E-state index in [0.29, 0.717) is 23.7 Å². The van der Waals surface area contributed by atoms with Crippen LogP contribution < -0.4 is 9.47 Å². The van der Waals surface area contributed by atoms with Gasteiger partial charge >= 0.3 is 5.97 Å². The smallest absolute Gasteiger partial charge is 0.347 e. The number of carbonyl (C=O) groups is 2. The van der Waals surface area contributed by atoms with Crippen LogP contribution in [0.25, 0.3) is 6.08 Å². The molecule has 0 fully saturated rings. The molecule has 2 aromatic carbocycles. The van der Waals surface area contributed by atoms with Gasteiger partial charge in [-0.15, -0.1) is 0 Å². The number of Topliss-reactive ketones (excluding diaryl/α,β-unsaturated/α-hetero) is 1. The number of hydrogen-bond donors (Lipinski definition) is 0. The molecule has 0 radical (unpaired) electrons. The van der Waals surface area contributed by atoms with Gasteiger partial charge in [0.15, 0.2) is 11.9 Å². The van der Waals surface area contributed by atoms with E-state index in [2.05, 4.69) is 0 Å². The lowest BCUT2D eigenvalue weighted by Gasteiger charge is -2.13. The Labute approximate surface area is 152 Å². The lowest BCUT2D eigenvalue weighted by molar-refractivity contribution is -0.150. The Hall–Kier alpha value is -3.08. The van der Waals surface area contributed by atoms with Crippen LogP contribution in [0.2, 0.25) is 0 Å². The van der Waals surface area contributed by atoms with Gasteiger partial charge in [-0.25, -0.2) is 4.79 Å². The molecule has 0 spiro atoms. The second kappa shape index (κ2) is 7.44. The minimum atomic E-state index is -0.743. The van der Waals surface area contributed by atoms with E-state index in [1.165, 1.54) is 0 Å². The highest BCUT2D eigenvalue weighted by atomic mass is 16.6. The van der Waals surface area contributed by atoms with E-state index < -0.39 is 12.1 Å². The molecule has 0 bridgehead atoms. The molecule has 26 heavy (non-hydrogen) atoms. The fourth-order valence-corrected chi connectivity index (χ4v) is 2.66.